The molecule has 5 rings (SSSR count). The highest BCUT2D eigenvalue weighted by Gasteiger charge is 2.10. The minimum absolute atomic E-state index is 0.488. The van der Waals surface area contributed by atoms with Crippen molar-refractivity contribution in [2.24, 2.45) is 0 Å². The summed E-state index contributed by atoms with van der Waals surface area (Å²) in [5.41, 5.74) is 5.87. The van der Waals surface area contributed by atoms with Gasteiger partial charge >= 0.3 is 0 Å². The van der Waals surface area contributed by atoms with Gasteiger partial charge in [-0.2, -0.15) is 0 Å². The molecule has 0 amide bonds. The molecular formula is C26H18ClNO2. The number of oxazole rings is 1. The van der Waals surface area contributed by atoms with E-state index in [-0.39, 0.29) is 0 Å². The van der Waals surface area contributed by atoms with Crippen LogP contribution >= 0.6 is 11.6 Å². The summed E-state index contributed by atoms with van der Waals surface area (Å²) in [7, 11) is 0. The molecular weight excluding hydrogens is 394 g/mol. The Morgan fingerprint density at radius 1 is 0.733 bits per heavy atom. The van der Waals surface area contributed by atoms with Gasteiger partial charge in [-0.15, -0.1) is 0 Å². The normalized spacial score (nSPS) is 11.0. The van der Waals surface area contributed by atoms with Crippen LogP contribution in [-0.4, -0.2) is 4.98 Å². The summed E-state index contributed by atoms with van der Waals surface area (Å²) in [5.74, 6) is 1.38. The lowest BCUT2D eigenvalue weighted by Crippen LogP contribution is -1.94. The van der Waals surface area contributed by atoms with Crippen LogP contribution in [0.5, 0.6) is 5.75 Å². The van der Waals surface area contributed by atoms with E-state index in [1.54, 1.807) is 0 Å². The zero-order valence-corrected chi connectivity index (χ0v) is 16.8. The molecule has 146 valence electrons. The van der Waals surface area contributed by atoms with Crippen LogP contribution in [0, 0.1) is 0 Å². The van der Waals surface area contributed by atoms with E-state index in [1.165, 1.54) is 0 Å². The van der Waals surface area contributed by atoms with Gasteiger partial charge in [-0.25, -0.2) is 4.98 Å². The van der Waals surface area contributed by atoms with Crippen molar-refractivity contribution in [2.45, 2.75) is 6.61 Å². The maximum Gasteiger partial charge on any atom is 0.227 e. The third kappa shape index (κ3) is 3.93. The van der Waals surface area contributed by atoms with E-state index in [9.17, 15) is 0 Å². The molecule has 5 aromatic rings. The van der Waals surface area contributed by atoms with Crippen LogP contribution in [0.15, 0.2) is 101 Å². The molecule has 0 saturated heterocycles. The number of benzene rings is 4. The average molecular weight is 412 g/mol. The third-order valence-corrected chi connectivity index (χ3v) is 5.17. The van der Waals surface area contributed by atoms with Gasteiger partial charge in [-0.05, 0) is 65.2 Å². The maximum absolute atomic E-state index is 5.96. The fourth-order valence-electron chi connectivity index (χ4n) is 3.30. The summed E-state index contributed by atoms with van der Waals surface area (Å²) in [6, 6.07) is 31.7. The predicted molar refractivity (Wildman–Crippen MR) is 121 cm³/mol. The molecule has 0 spiro atoms. The maximum atomic E-state index is 5.96. The Morgan fingerprint density at radius 2 is 1.47 bits per heavy atom. The van der Waals surface area contributed by atoms with Gasteiger partial charge in [0.05, 0.1) is 0 Å². The summed E-state index contributed by atoms with van der Waals surface area (Å²) in [5, 5.41) is 0.720. The third-order valence-electron chi connectivity index (χ3n) is 4.91. The van der Waals surface area contributed by atoms with E-state index < -0.39 is 0 Å². The molecule has 0 aliphatic heterocycles. The van der Waals surface area contributed by atoms with Crippen molar-refractivity contribution in [1.82, 2.24) is 4.98 Å². The van der Waals surface area contributed by atoms with Crippen LogP contribution in [0.2, 0.25) is 5.02 Å². The van der Waals surface area contributed by atoms with Gasteiger partial charge in [0.2, 0.25) is 5.89 Å². The van der Waals surface area contributed by atoms with Crippen LogP contribution < -0.4 is 4.74 Å². The van der Waals surface area contributed by atoms with Crippen molar-refractivity contribution < 1.29 is 9.15 Å². The quantitative estimate of drug-likeness (QED) is 0.302. The van der Waals surface area contributed by atoms with Gasteiger partial charge in [-0.1, -0.05) is 60.1 Å². The zero-order chi connectivity index (χ0) is 20.3. The van der Waals surface area contributed by atoms with E-state index in [4.69, 9.17) is 20.8 Å². The van der Waals surface area contributed by atoms with E-state index in [1.807, 2.05) is 72.8 Å². The number of nitrogens with zero attached hydrogens (tertiary/aromatic N) is 1. The largest absolute Gasteiger partial charge is 0.489 e. The molecule has 0 atom stereocenters. The summed E-state index contributed by atoms with van der Waals surface area (Å²) < 4.78 is 11.8. The Balaban J connectivity index is 1.34. The fraction of sp³-hybridized carbons (Fsp3) is 0.0385. The number of hydrogen-bond donors (Lipinski definition) is 0. The Morgan fingerprint density at radius 3 is 2.23 bits per heavy atom. The monoisotopic (exact) mass is 411 g/mol. The molecule has 3 nitrogen and oxygen atoms in total. The summed E-state index contributed by atoms with van der Waals surface area (Å²) in [6.45, 7) is 0.488. The molecule has 30 heavy (non-hydrogen) atoms. The standard InChI is InChI=1S/C26H18ClNO2/c27-22-11-6-18(7-12-22)17-29-23-13-8-20(9-14-23)26-28-24-16-21(10-15-25(24)30-26)19-4-2-1-3-5-19/h1-16H,17H2. The summed E-state index contributed by atoms with van der Waals surface area (Å²) in [4.78, 5) is 4.68. The minimum atomic E-state index is 0.488. The first kappa shape index (κ1) is 18.5. The molecule has 4 aromatic carbocycles. The Hall–Kier alpha value is -3.56. The van der Waals surface area contributed by atoms with Gasteiger partial charge in [0.25, 0.3) is 0 Å². The molecule has 0 radical (unpaired) electrons. The number of ether oxygens (including phenoxy) is 1. The van der Waals surface area contributed by atoms with Gasteiger partial charge in [0.1, 0.15) is 17.9 Å². The second kappa shape index (κ2) is 8.05. The number of hydrogen-bond acceptors (Lipinski definition) is 3. The number of halogens is 1. The van der Waals surface area contributed by atoms with Crippen molar-refractivity contribution >= 4 is 22.7 Å². The molecule has 0 N–H and O–H groups in total. The first-order chi connectivity index (χ1) is 14.7. The van der Waals surface area contributed by atoms with Gasteiger partial charge in [0, 0.05) is 10.6 Å². The van der Waals surface area contributed by atoms with Crippen LogP contribution in [-0.2, 0) is 6.61 Å². The van der Waals surface area contributed by atoms with Crippen molar-refractivity contribution in [2.75, 3.05) is 0 Å². The van der Waals surface area contributed by atoms with Crippen LogP contribution in [0.3, 0.4) is 0 Å². The molecule has 0 saturated carbocycles. The average Bonchev–Trinajstić information content (AvgIpc) is 3.23. The number of rotatable bonds is 5. The highest BCUT2D eigenvalue weighted by molar-refractivity contribution is 6.30. The predicted octanol–water partition coefficient (Wildman–Crippen LogP) is 7.39. The van der Waals surface area contributed by atoms with Gasteiger partial charge in [-0.3, -0.25) is 0 Å². The van der Waals surface area contributed by atoms with E-state index in [0.29, 0.717) is 12.5 Å². The van der Waals surface area contributed by atoms with Crippen molar-refractivity contribution in [3.63, 3.8) is 0 Å². The van der Waals surface area contributed by atoms with Crippen molar-refractivity contribution in [1.29, 1.82) is 0 Å². The lowest BCUT2D eigenvalue weighted by molar-refractivity contribution is 0.306. The molecule has 0 bridgehead atoms. The van der Waals surface area contributed by atoms with Gasteiger partial charge in [0.15, 0.2) is 5.58 Å². The second-order valence-electron chi connectivity index (χ2n) is 7.01. The Labute approximate surface area is 179 Å². The lowest BCUT2D eigenvalue weighted by Gasteiger charge is -2.06. The van der Waals surface area contributed by atoms with Crippen molar-refractivity contribution in [3.8, 4) is 28.3 Å². The lowest BCUT2D eigenvalue weighted by atomic mass is 10.1. The Kier molecular flexibility index (Phi) is 4.96. The highest BCUT2D eigenvalue weighted by atomic mass is 35.5. The first-order valence-electron chi connectivity index (χ1n) is 9.68. The zero-order valence-electron chi connectivity index (χ0n) is 16.1. The van der Waals surface area contributed by atoms with E-state index in [0.717, 1.165) is 44.1 Å². The number of fused-ring (bicyclic) bond motifs is 1. The molecule has 0 aliphatic rings. The molecule has 0 unspecified atom stereocenters. The molecule has 1 aromatic heterocycles. The first-order valence-corrected chi connectivity index (χ1v) is 10.1. The van der Waals surface area contributed by atoms with Crippen LogP contribution in [0.25, 0.3) is 33.7 Å². The summed E-state index contributed by atoms with van der Waals surface area (Å²) >= 11 is 5.92. The van der Waals surface area contributed by atoms with E-state index >= 15 is 0 Å². The van der Waals surface area contributed by atoms with Crippen molar-refractivity contribution in [3.05, 3.63) is 108 Å². The van der Waals surface area contributed by atoms with Crippen LogP contribution in [0.4, 0.5) is 0 Å². The molecule has 0 aliphatic carbocycles. The number of aromatic nitrogens is 1. The summed E-state index contributed by atoms with van der Waals surface area (Å²) in [6.07, 6.45) is 0. The SMILES string of the molecule is Clc1ccc(COc2ccc(-c3nc4cc(-c5ccccc5)ccc4o3)cc2)cc1. The highest BCUT2D eigenvalue weighted by Crippen LogP contribution is 2.29. The topological polar surface area (TPSA) is 35.3 Å². The Bertz CT molecular complexity index is 1280. The van der Waals surface area contributed by atoms with Gasteiger partial charge < -0.3 is 9.15 Å². The molecule has 1 heterocycles. The molecule has 4 heteroatoms. The minimum Gasteiger partial charge on any atom is -0.489 e. The molecule has 0 fully saturated rings. The smallest absolute Gasteiger partial charge is 0.227 e. The second-order valence-corrected chi connectivity index (χ2v) is 7.44. The fourth-order valence-corrected chi connectivity index (χ4v) is 3.43. The van der Waals surface area contributed by atoms with Crippen LogP contribution in [0.1, 0.15) is 5.56 Å². The van der Waals surface area contributed by atoms with E-state index in [2.05, 4.69) is 29.2 Å².